The first-order chi connectivity index (χ1) is 13.3. The van der Waals surface area contributed by atoms with Crippen LogP contribution in [0.3, 0.4) is 0 Å². The molecule has 2 aromatic carbocycles. The van der Waals surface area contributed by atoms with Crippen molar-refractivity contribution in [1.29, 1.82) is 0 Å². The Balaban J connectivity index is 1.86. The lowest BCUT2D eigenvalue weighted by Gasteiger charge is -2.25. The molecule has 0 bridgehead atoms. The number of aliphatic carboxylic acids is 1. The zero-order valence-electron chi connectivity index (χ0n) is 15.2. The molecule has 0 aliphatic heterocycles. The van der Waals surface area contributed by atoms with Gasteiger partial charge in [0, 0.05) is 5.02 Å². The molecule has 1 N–H and O–H groups in total. The van der Waals surface area contributed by atoms with E-state index in [1.807, 2.05) is 24.3 Å². The SMILES string of the molecule is CC(C)(C(=O)O)C(=O)C(Oc1ccc(-c2ccc(Cl)cc2)cc1)n1cncn1. The number of ketones is 1. The third-order valence-corrected chi connectivity index (χ3v) is 4.58. The number of Topliss-reactive ketones (excluding diaryl/α,β-unsaturated/α-hetero) is 1. The number of carboxylic acid groups (broad SMARTS) is 1. The van der Waals surface area contributed by atoms with Gasteiger partial charge in [-0.25, -0.2) is 9.67 Å². The zero-order chi connectivity index (χ0) is 20.3. The van der Waals surface area contributed by atoms with Gasteiger partial charge in [-0.15, -0.1) is 0 Å². The fourth-order valence-electron chi connectivity index (χ4n) is 2.48. The average molecular weight is 400 g/mol. The predicted molar refractivity (Wildman–Crippen MR) is 103 cm³/mol. The van der Waals surface area contributed by atoms with Crippen molar-refractivity contribution < 1.29 is 19.4 Å². The van der Waals surface area contributed by atoms with Gasteiger partial charge >= 0.3 is 5.97 Å². The van der Waals surface area contributed by atoms with E-state index in [4.69, 9.17) is 16.3 Å². The summed E-state index contributed by atoms with van der Waals surface area (Å²) in [5, 5.41) is 14.0. The highest BCUT2D eigenvalue weighted by atomic mass is 35.5. The second kappa shape index (κ2) is 7.82. The minimum Gasteiger partial charge on any atom is -0.481 e. The highest BCUT2D eigenvalue weighted by Gasteiger charge is 2.42. The summed E-state index contributed by atoms with van der Waals surface area (Å²) in [5.41, 5.74) is 0.269. The van der Waals surface area contributed by atoms with Crippen molar-refractivity contribution >= 4 is 23.4 Å². The highest BCUT2D eigenvalue weighted by Crippen LogP contribution is 2.29. The van der Waals surface area contributed by atoms with E-state index in [1.165, 1.54) is 31.2 Å². The molecule has 1 heterocycles. The maximum Gasteiger partial charge on any atom is 0.316 e. The molecule has 0 spiro atoms. The molecule has 1 atom stereocenters. The first-order valence-electron chi connectivity index (χ1n) is 8.43. The van der Waals surface area contributed by atoms with Crippen LogP contribution in [0.2, 0.25) is 5.02 Å². The average Bonchev–Trinajstić information content (AvgIpc) is 3.21. The van der Waals surface area contributed by atoms with Crippen molar-refractivity contribution in [3.05, 3.63) is 66.2 Å². The largest absolute Gasteiger partial charge is 0.481 e. The normalized spacial score (nSPS) is 12.4. The van der Waals surface area contributed by atoms with Gasteiger partial charge in [0.2, 0.25) is 5.78 Å². The number of ether oxygens (including phenoxy) is 1. The van der Waals surface area contributed by atoms with E-state index < -0.39 is 23.4 Å². The van der Waals surface area contributed by atoms with Crippen LogP contribution in [0.25, 0.3) is 11.1 Å². The van der Waals surface area contributed by atoms with E-state index in [1.54, 1.807) is 24.3 Å². The quantitative estimate of drug-likeness (QED) is 0.606. The summed E-state index contributed by atoms with van der Waals surface area (Å²) in [7, 11) is 0. The van der Waals surface area contributed by atoms with Gasteiger partial charge in [-0.1, -0.05) is 35.9 Å². The molecule has 1 aromatic heterocycles. The molecule has 0 saturated heterocycles. The highest BCUT2D eigenvalue weighted by molar-refractivity contribution is 6.30. The van der Waals surface area contributed by atoms with E-state index >= 15 is 0 Å². The van der Waals surface area contributed by atoms with Crippen LogP contribution in [0, 0.1) is 5.41 Å². The molecule has 3 rings (SSSR count). The molecule has 28 heavy (non-hydrogen) atoms. The van der Waals surface area contributed by atoms with Crippen molar-refractivity contribution in [3.8, 4) is 16.9 Å². The molecule has 1 unspecified atom stereocenters. The number of nitrogens with zero attached hydrogens (tertiary/aromatic N) is 3. The molecule has 0 amide bonds. The Morgan fingerprint density at radius 2 is 1.64 bits per heavy atom. The minimum absolute atomic E-state index is 0.396. The molecule has 3 aromatic rings. The number of carboxylic acids is 1. The van der Waals surface area contributed by atoms with Crippen molar-refractivity contribution in [3.63, 3.8) is 0 Å². The lowest BCUT2D eigenvalue weighted by Crippen LogP contribution is -2.41. The number of rotatable bonds is 7. The van der Waals surface area contributed by atoms with Crippen molar-refractivity contribution in [2.45, 2.75) is 20.1 Å². The van der Waals surface area contributed by atoms with Gasteiger partial charge in [-0.2, -0.15) is 5.10 Å². The predicted octanol–water partition coefficient (Wildman–Crippen LogP) is 3.86. The van der Waals surface area contributed by atoms with Crippen LogP contribution in [-0.2, 0) is 9.59 Å². The van der Waals surface area contributed by atoms with Crippen LogP contribution in [-0.4, -0.2) is 31.6 Å². The summed E-state index contributed by atoms with van der Waals surface area (Å²) in [5.74, 6) is -1.50. The van der Waals surface area contributed by atoms with E-state index in [-0.39, 0.29) is 0 Å². The van der Waals surface area contributed by atoms with Gasteiger partial charge in [0.25, 0.3) is 6.23 Å². The Bertz CT molecular complexity index is 968. The number of carbonyl (C=O) groups is 2. The Kier molecular flexibility index (Phi) is 5.46. The smallest absolute Gasteiger partial charge is 0.316 e. The molecule has 0 saturated carbocycles. The Morgan fingerprint density at radius 1 is 1.07 bits per heavy atom. The van der Waals surface area contributed by atoms with Gasteiger partial charge in [-0.05, 0) is 49.2 Å². The molecule has 0 radical (unpaired) electrons. The third-order valence-electron chi connectivity index (χ3n) is 4.33. The Morgan fingerprint density at radius 3 is 2.14 bits per heavy atom. The summed E-state index contributed by atoms with van der Waals surface area (Å²) in [4.78, 5) is 28.1. The molecular weight excluding hydrogens is 382 g/mol. The van der Waals surface area contributed by atoms with Crippen molar-refractivity contribution in [1.82, 2.24) is 14.8 Å². The number of carbonyl (C=O) groups excluding carboxylic acids is 1. The standard InChI is InChI=1S/C20H18ClN3O4/c1-20(2,19(26)27)17(25)18(24-12-22-11-23-24)28-16-9-5-14(6-10-16)13-3-7-15(21)8-4-13/h3-12,18H,1-2H3,(H,26,27). The zero-order valence-corrected chi connectivity index (χ0v) is 16.0. The van der Waals surface area contributed by atoms with Crippen molar-refractivity contribution in [2.75, 3.05) is 0 Å². The first kappa shape index (κ1) is 19.6. The van der Waals surface area contributed by atoms with E-state index in [9.17, 15) is 14.7 Å². The summed E-state index contributed by atoms with van der Waals surface area (Å²) < 4.78 is 6.99. The van der Waals surface area contributed by atoms with Crippen LogP contribution in [0.15, 0.2) is 61.2 Å². The summed E-state index contributed by atoms with van der Waals surface area (Å²) in [6.07, 6.45) is 1.30. The lowest BCUT2D eigenvalue weighted by atomic mass is 9.87. The number of aromatic nitrogens is 3. The lowest BCUT2D eigenvalue weighted by molar-refractivity contribution is -0.157. The molecule has 0 aliphatic carbocycles. The Hall–Kier alpha value is -3.19. The maximum atomic E-state index is 12.8. The number of benzene rings is 2. The monoisotopic (exact) mass is 399 g/mol. The van der Waals surface area contributed by atoms with Crippen LogP contribution < -0.4 is 4.74 Å². The van der Waals surface area contributed by atoms with Gasteiger partial charge in [0.1, 0.15) is 23.8 Å². The molecule has 144 valence electrons. The molecule has 8 heteroatoms. The number of hydrogen-bond acceptors (Lipinski definition) is 5. The summed E-state index contributed by atoms with van der Waals surface area (Å²) in [6, 6.07) is 14.5. The number of halogens is 1. The van der Waals surface area contributed by atoms with Crippen LogP contribution in [0.4, 0.5) is 0 Å². The van der Waals surface area contributed by atoms with Gasteiger partial charge in [-0.3, -0.25) is 9.59 Å². The van der Waals surface area contributed by atoms with Gasteiger partial charge in [0.15, 0.2) is 0 Å². The fraction of sp³-hybridized carbons (Fsp3) is 0.200. The third kappa shape index (κ3) is 4.04. The summed E-state index contributed by atoms with van der Waals surface area (Å²) in [6.45, 7) is 2.66. The van der Waals surface area contributed by atoms with Crippen LogP contribution in [0.1, 0.15) is 20.1 Å². The second-order valence-electron chi connectivity index (χ2n) is 6.67. The van der Waals surface area contributed by atoms with E-state index in [0.717, 1.165) is 11.1 Å². The van der Waals surface area contributed by atoms with Crippen LogP contribution in [0.5, 0.6) is 5.75 Å². The van der Waals surface area contributed by atoms with Crippen LogP contribution >= 0.6 is 11.6 Å². The fourth-order valence-corrected chi connectivity index (χ4v) is 2.60. The summed E-state index contributed by atoms with van der Waals surface area (Å²) >= 11 is 5.91. The van der Waals surface area contributed by atoms with E-state index in [0.29, 0.717) is 10.8 Å². The molecular formula is C20H18ClN3O4. The molecule has 0 fully saturated rings. The van der Waals surface area contributed by atoms with E-state index in [2.05, 4.69) is 10.1 Å². The molecule has 0 aliphatic rings. The van der Waals surface area contributed by atoms with Gasteiger partial charge < -0.3 is 9.84 Å². The topological polar surface area (TPSA) is 94.3 Å². The molecule has 7 nitrogen and oxygen atoms in total. The maximum absolute atomic E-state index is 12.8. The van der Waals surface area contributed by atoms with Crippen molar-refractivity contribution in [2.24, 2.45) is 5.41 Å². The van der Waals surface area contributed by atoms with Gasteiger partial charge in [0.05, 0.1) is 0 Å². The Labute approximate surface area is 166 Å². The number of hydrogen-bond donors (Lipinski definition) is 1. The second-order valence-corrected chi connectivity index (χ2v) is 7.11. The first-order valence-corrected chi connectivity index (χ1v) is 8.81. The minimum atomic E-state index is -1.65.